The fraction of sp³-hybridized carbons (Fsp3) is 0.567. The summed E-state index contributed by atoms with van der Waals surface area (Å²) in [6, 6.07) is 8.24. The maximum absolute atomic E-state index is 13.1. The summed E-state index contributed by atoms with van der Waals surface area (Å²) in [4.78, 5) is 34.0. The summed E-state index contributed by atoms with van der Waals surface area (Å²) in [5.41, 5.74) is 3.35. The van der Waals surface area contributed by atoms with Crippen LogP contribution in [0.4, 0.5) is 16.3 Å². The van der Waals surface area contributed by atoms with Gasteiger partial charge in [-0.3, -0.25) is 9.69 Å². The zero-order valence-electron chi connectivity index (χ0n) is 23.6. The van der Waals surface area contributed by atoms with Crippen molar-refractivity contribution >= 4 is 35.0 Å². The Bertz CT molecular complexity index is 1290. The maximum Gasteiger partial charge on any atom is 0.344 e. The molecular formula is C30H40ClN7O2. The van der Waals surface area contributed by atoms with E-state index in [1.165, 1.54) is 28.8 Å². The lowest BCUT2D eigenvalue weighted by Gasteiger charge is -2.45. The SMILES string of the molecule is C=C(C)Nc1ccn(C(=O)N2CCC3(CCCN3Cc3cc(Cl)cc(N4CC5CN(C(C)=O)CC5C4)c3)CC2)n1. The lowest BCUT2D eigenvalue weighted by Crippen LogP contribution is -2.53. The molecule has 2 aromatic rings. The predicted octanol–water partition coefficient (Wildman–Crippen LogP) is 4.50. The Labute approximate surface area is 241 Å². The lowest BCUT2D eigenvalue weighted by molar-refractivity contribution is -0.128. The van der Waals surface area contributed by atoms with Gasteiger partial charge in [0, 0.05) is 98.8 Å². The van der Waals surface area contributed by atoms with E-state index in [9.17, 15) is 9.59 Å². The van der Waals surface area contributed by atoms with E-state index in [2.05, 4.69) is 45.0 Å². The minimum Gasteiger partial charge on any atom is -0.371 e. The van der Waals surface area contributed by atoms with Crippen LogP contribution in [0.5, 0.6) is 0 Å². The van der Waals surface area contributed by atoms with Crippen molar-refractivity contribution in [3.8, 4) is 0 Å². The fourth-order valence-corrected chi connectivity index (χ4v) is 7.62. The van der Waals surface area contributed by atoms with Crippen LogP contribution in [0.3, 0.4) is 0 Å². The van der Waals surface area contributed by atoms with E-state index >= 15 is 0 Å². The van der Waals surface area contributed by atoms with Crippen LogP contribution in [0, 0.1) is 11.8 Å². The number of anilines is 2. The lowest BCUT2D eigenvalue weighted by atomic mass is 9.85. The molecular weight excluding hydrogens is 526 g/mol. The van der Waals surface area contributed by atoms with Crippen LogP contribution >= 0.6 is 11.6 Å². The first-order valence-electron chi connectivity index (χ1n) is 14.5. The van der Waals surface area contributed by atoms with Gasteiger partial charge in [0.05, 0.1) is 0 Å². The molecule has 6 rings (SSSR count). The van der Waals surface area contributed by atoms with Crippen LogP contribution < -0.4 is 10.2 Å². The topological polar surface area (TPSA) is 77.0 Å². The van der Waals surface area contributed by atoms with Gasteiger partial charge in [-0.1, -0.05) is 18.2 Å². The molecule has 214 valence electrons. The molecule has 0 bridgehead atoms. The summed E-state index contributed by atoms with van der Waals surface area (Å²) in [6.45, 7) is 14.5. The van der Waals surface area contributed by atoms with Gasteiger partial charge in [-0.2, -0.15) is 4.68 Å². The highest BCUT2D eigenvalue weighted by Crippen LogP contribution is 2.41. The quantitative estimate of drug-likeness (QED) is 0.575. The van der Waals surface area contributed by atoms with E-state index in [1.807, 2.05) is 16.7 Å². The molecule has 1 spiro atoms. The van der Waals surface area contributed by atoms with E-state index in [0.717, 1.165) is 75.9 Å². The minimum absolute atomic E-state index is 0.0737. The number of carbonyl (C=O) groups excluding carboxylic acids is 2. The molecule has 2 amide bonds. The largest absolute Gasteiger partial charge is 0.371 e. The monoisotopic (exact) mass is 565 g/mol. The highest BCUT2D eigenvalue weighted by atomic mass is 35.5. The highest BCUT2D eigenvalue weighted by molar-refractivity contribution is 6.30. The smallest absolute Gasteiger partial charge is 0.344 e. The molecule has 4 aliphatic rings. The summed E-state index contributed by atoms with van der Waals surface area (Å²) in [5, 5.41) is 8.22. The number of nitrogens with one attached hydrogen (secondary N) is 1. The molecule has 0 saturated carbocycles. The number of rotatable bonds is 5. The molecule has 0 aliphatic carbocycles. The van der Waals surface area contributed by atoms with Crippen LogP contribution in [0.15, 0.2) is 42.7 Å². The average molecular weight is 566 g/mol. The number of benzene rings is 1. The van der Waals surface area contributed by atoms with Gasteiger partial charge in [0.25, 0.3) is 0 Å². The first-order valence-corrected chi connectivity index (χ1v) is 14.9. The van der Waals surface area contributed by atoms with Gasteiger partial charge in [-0.25, -0.2) is 4.79 Å². The number of allylic oxidation sites excluding steroid dienone is 1. The Kier molecular flexibility index (Phi) is 7.29. The number of hydrogen-bond acceptors (Lipinski definition) is 6. The second-order valence-electron chi connectivity index (χ2n) is 12.2. The molecule has 9 nitrogen and oxygen atoms in total. The normalized spacial score (nSPS) is 24.1. The Hall–Kier alpha value is -3.04. The average Bonchev–Trinajstić information content (AvgIpc) is 3.68. The van der Waals surface area contributed by atoms with E-state index in [0.29, 0.717) is 17.7 Å². The molecule has 4 fully saturated rings. The molecule has 0 radical (unpaired) electrons. The summed E-state index contributed by atoms with van der Waals surface area (Å²) in [5.74, 6) is 1.90. The van der Waals surface area contributed by atoms with Gasteiger partial charge < -0.3 is 20.0 Å². The molecule has 1 N–H and O–H groups in total. The van der Waals surface area contributed by atoms with Crippen LogP contribution in [0.2, 0.25) is 5.02 Å². The van der Waals surface area contributed by atoms with Crippen molar-refractivity contribution in [3.63, 3.8) is 0 Å². The Morgan fingerprint density at radius 1 is 1.02 bits per heavy atom. The summed E-state index contributed by atoms with van der Waals surface area (Å²) >= 11 is 6.66. The van der Waals surface area contributed by atoms with Crippen molar-refractivity contribution in [2.75, 3.05) is 56.0 Å². The van der Waals surface area contributed by atoms with Crippen molar-refractivity contribution in [2.24, 2.45) is 11.8 Å². The summed E-state index contributed by atoms with van der Waals surface area (Å²) in [6.07, 6.45) is 5.99. The van der Waals surface area contributed by atoms with Gasteiger partial charge >= 0.3 is 6.03 Å². The second kappa shape index (κ2) is 10.7. The Morgan fingerprint density at radius 3 is 2.42 bits per heavy atom. The van der Waals surface area contributed by atoms with Gasteiger partial charge in [-0.05, 0) is 62.9 Å². The number of likely N-dealkylation sites (tertiary alicyclic amines) is 3. The summed E-state index contributed by atoms with van der Waals surface area (Å²) in [7, 11) is 0. The first-order chi connectivity index (χ1) is 19.2. The van der Waals surface area contributed by atoms with Gasteiger partial charge in [0.1, 0.15) is 0 Å². The third-order valence-corrected chi connectivity index (χ3v) is 9.66. The Balaban J connectivity index is 1.09. The maximum atomic E-state index is 13.1. The zero-order valence-corrected chi connectivity index (χ0v) is 24.4. The van der Waals surface area contributed by atoms with Crippen LogP contribution in [0.25, 0.3) is 0 Å². The number of carbonyl (C=O) groups is 2. The number of aromatic nitrogens is 2. The number of fused-ring (bicyclic) bond motifs is 1. The van der Waals surface area contributed by atoms with Crippen molar-refractivity contribution in [1.82, 2.24) is 24.5 Å². The van der Waals surface area contributed by atoms with Crippen molar-refractivity contribution in [3.05, 3.63) is 53.3 Å². The van der Waals surface area contributed by atoms with E-state index < -0.39 is 0 Å². The molecule has 2 unspecified atom stereocenters. The van der Waals surface area contributed by atoms with Crippen LogP contribution in [-0.4, -0.2) is 87.8 Å². The number of piperidine rings is 1. The van der Waals surface area contributed by atoms with Gasteiger partial charge in [-0.15, -0.1) is 5.10 Å². The molecule has 10 heteroatoms. The second-order valence-corrected chi connectivity index (χ2v) is 12.7. The van der Waals surface area contributed by atoms with Crippen LogP contribution in [-0.2, 0) is 11.3 Å². The van der Waals surface area contributed by atoms with E-state index in [-0.39, 0.29) is 17.5 Å². The Morgan fingerprint density at radius 2 is 1.75 bits per heavy atom. The summed E-state index contributed by atoms with van der Waals surface area (Å²) < 4.78 is 1.42. The molecule has 2 atom stereocenters. The zero-order chi connectivity index (χ0) is 28.0. The standard InChI is InChI=1S/C30H40ClN7O2/c1-21(2)32-28-5-10-38(33-28)29(40)34-11-7-30(8-12-34)6-4-9-37(30)16-23-13-26(31)15-27(14-23)36-19-24-17-35(22(3)39)18-25(24)20-36/h5,10,13-15,24-25H,1,4,6-9,11-12,16-20H2,2-3H3,(H,32,33). The van der Waals surface area contributed by atoms with Crippen LogP contribution in [0.1, 0.15) is 45.1 Å². The number of halogens is 1. The molecule has 1 aromatic carbocycles. The predicted molar refractivity (Wildman–Crippen MR) is 158 cm³/mol. The van der Waals surface area contributed by atoms with Gasteiger partial charge in [0.15, 0.2) is 5.82 Å². The third-order valence-electron chi connectivity index (χ3n) is 9.44. The number of amides is 2. The molecule has 4 saturated heterocycles. The van der Waals surface area contributed by atoms with E-state index in [4.69, 9.17) is 11.6 Å². The third kappa shape index (κ3) is 5.33. The molecule has 1 aromatic heterocycles. The van der Waals surface area contributed by atoms with Crippen molar-refractivity contribution in [1.29, 1.82) is 0 Å². The van der Waals surface area contributed by atoms with Crippen molar-refractivity contribution in [2.45, 2.75) is 51.6 Å². The molecule has 4 aliphatic heterocycles. The number of nitrogens with zero attached hydrogens (tertiary/aromatic N) is 6. The highest BCUT2D eigenvalue weighted by Gasteiger charge is 2.44. The minimum atomic E-state index is -0.0737. The first kappa shape index (κ1) is 27.1. The molecule has 5 heterocycles. The van der Waals surface area contributed by atoms with Gasteiger partial charge in [0.2, 0.25) is 5.91 Å². The number of hydrogen-bond donors (Lipinski definition) is 1. The van der Waals surface area contributed by atoms with E-state index in [1.54, 1.807) is 19.2 Å². The van der Waals surface area contributed by atoms with Crippen molar-refractivity contribution < 1.29 is 9.59 Å². The fourth-order valence-electron chi connectivity index (χ4n) is 7.37. The molecule has 40 heavy (non-hydrogen) atoms.